The second-order valence-electron chi connectivity index (χ2n) is 3.64. The number of hydrogen-bond acceptors (Lipinski definition) is 6. The van der Waals surface area contributed by atoms with Gasteiger partial charge < -0.3 is 14.6 Å². The highest BCUT2D eigenvalue weighted by Gasteiger charge is 2.19. The lowest BCUT2D eigenvalue weighted by molar-refractivity contribution is 0.101. The summed E-state index contributed by atoms with van der Waals surface area (Å²) in [6, 6.07) is 0. The molecule has 0 aromatic carbocycles. The van der Waals surface area contributed by atoms with Crippen LogP contribution in [-0.4, -0.2) is 27.2 Å². The molecule has 0 saturated heterocycles. The predicted molar refractivity (Wildman–Crippen MR) is 65.1 cm³/mol. The van der Waals surface area contributed by atoms with Gasteiger partial charge in [0.1, 0.15) is 12.0 Å². The fraction of sp³-hybridized carbons (Fsp3) is 0.273. The molecule has 0 bridgehead atoms. The highest BCUT2D eigenvalue weighted by molar-refractivity contribution is 6.04. The molecule has 0 aliphatic heterocycles. The number of hydrogen-bond donors (Lipinski definition) is 1. The van der Waals surface area contributed by atoms with E-state index in [2.05, 4.69) is 20.0 Å². The molecule has 0 radical (unpaired) electrons. The van der Waals surface area contributed by atoms with Crippen LogP contribution in [0.15, 0.2) is 28.1 Å². The molecule has 100 valence electrons. The van der Waals surface area contributed by atoms with E-state index in [1.54, 1.807) is 6.92 Å². The zero-order valence-electron chi connectivity index (χ0n) is 10.4. The quantitative estimate of drug-likeness (QED) is 0.859. The number of nitrogens with zero attached hydrogens (tertiary/aromatic N) is 3. The summed E-state index contributed by atoms with van der Waals surface area (Å²) in [7, 11) is 1.53. The van der Waals surface area contributed by atoms with Crippen LogP contribution in [0.2, 0.25) is 0 Å². The van der Waals surface area contributed by atoms with Crippen molar-refractivity contribution in [2.24, 2.45) is 7.05 Å². The number of rotatable bonds is 4. The van der Waals surface area contributed by atoms with E-state index in [0.717, 1.165) is 0 Å². The first kappa shape index (κ1) is 12.8. The smallest absolute Gasteiger partial charge is 0.296 e. The molecule has 0 atom stereocenters. The number of nitrogens with one attached hydrogen (secondary N) is 1. The van der Waals surface area contributed by atoms with Gasteiger partial charge in [-0.05, 0) is 6.92 Å². The highest BCUT2D eigenvalue weighted by atomic mass is 16.5. The van der Waals surface area contributed by atoms with Gasteiger partial charge in [-0.2, -0.15) is 0 Å². The summed E-state index contributed by atoms with van der Waals surface area (Å²) in [5.74, 6) is -0.647. The van der Waals surface area contributed by atoms with Crippen LogP contribution < -0.4 is 15.6 Å². The van der Waals surface area contributed by atoms with Crippen LogP contribution in [0.25, 0.3) is 0 Å². The van der Waals surface area contributed by atoms with Gasteiger partial charge in [0.15, 0.2) is 5.69 Å². The van der Waals surface area contributed by atoms with Gasteiger partial charge in [0.05, 0.1) is 19.1 Å². The first-order valence-electron chi connectivity index (χ1n) is 5.52. The van der Waals surface area contributed by atoms with Gasteiger partial charge in [-0.15, -0.1) is 0 Å². The van der Waals surface area contributed by atoms with Crippen molar-refractivity contribution in [2.75, 3.05) is 11.9 Å². The maximum absolute atomic E-state index is 12.0. The monoisotopic (exact) mass is 264 g/mol. The molecule has 0 fully saturated rings. The van der Waals surface area contributed by atoms with Crippen LogP contribution in [-0.2, 0) is 7.05 Å². The third-order valence-corrected chi connectivity index (χ3v) is 2.28. The minimum Gasteiger partial charge on any atom is -0.486 e. The van der Waals surface area contributed by atoms with Crippen molar-refractivity contribution in [1.82, 2.24) is 14.7 Å². The maximum Gasteiger partial charge on any atom is 0.296 e. The average molecular weight is 264 g/mol. The zero-order valence-corrected chi connectivity index (χ0v) is 10.4. The van der Waals surface area contributed by atoms with Gasteiger partial charge in [0.25, 0.3) is 11.5 Å². The predicted octanol–water partition coefficient (Wildman–Crippen LogP) is 0.419. The molecule has 2 aromatic rings. The molecule has 0 saturated carbocycles. The van der Waals surface area contributed by atoms with Gasteiger partial charge in [0.2, 0.25) is 5.75 Å². The lowest BCUT2D eigenvalue weighted by Crippen LogP contribution is -2.25. The van der Waals surface area contributed by atoms with Gasteiger partial charge in [-0.25, -0.2) is 4.98 Å². The van der Waals surface area contributed by atoms with Crippen molar-refractivity contribution in [3.05, 3.63) is 34.8 Å². The molecule has 2 rings (SSSR count). The molecule has 2 heterocycles. The number of anilines is 1. The molecule has 2 aromatic heterocycles. The fourth-order valence-corrected chi connectivity index (χ4v) is 1.41. The van der Waals surface area contributed by atoms with E-state index in [0.29, 0.717) is 5.69 Å². The molecule has 8 heteroatoms. The summed E-state index contributed by atoms with van der Waals surface area (Å²) in [6.07, 6.45) is 3.85. The van der Waals surface area contributed by atoms with Crippen molar-refractivity contribution < 1.29 is 14.1 Å². The number of carbonyl (C=O) groups is 1. The molecule has 19 heavy (non-hydrogen) atoms. The summed E-state index contributed by atoms with van der Waals surface area (Å²) < 4.78 is 11.0. The number of aromatic nitrogens is 3. The Morgan fingerprint density at radius 3 is 3.00 bits per heavy atom. The van der Waals surface area contributed by atoms with Crippen LogP contribution in [0.5, 0.6) is 5.75 Å². The molecule has 8 nitrogen and oxygen atoms in total. The van der Waals surface area contributed by atoms with Crippen LogP contribution in [0.3, 0.4) is 0 Å². The number of carbonyl (C=O) groups excluding carboxylic acids is 1. The second-order valence-corrected chi connectivity index (χ2v) is 3.64. The maximum atomic E-state index is 12.0. The standard InChI is InChI=1S/C11H12N4O4/c1-3-18-9-8(12-6-15(2)11(9)17)10(16)14-7-4-13-19-5-7/h4-6H,3H2,1-2H3,(H,14,16). The van der Waals surface area contributed by atoms with Gasteiger partial charge in [-0.1, -0.05) is 5.16 Å². The second kappa shape index (κ2) is 5.34. The SMILES string of the molecule is CCOc1c(C(=O)Nc2cnoc2)ncn(C)c1=O. The van der Waals surface area contributed by atoms with Crippen molar-refractivity contribution in [1.29, 1.82) is 0 Å². The number of ether oxygens (including phenoxy) is 1. The Balaban J connectivity index is 2.36. The molecular formula is C11H12N4O4. The van der Waals surface area contributed by atoms with Crippen molar-refractivity contribution in [3.63, 3.8) is 0 Å². The van der Waals surface area contributed by atoms with Crippen LogP contribution in [0.4, 0.5) is 5.69 Å². The van der Waals surface area contributed by atoms with E-state index >= 15 is 0 Å². The van der Waals surface area contributed by atoms with E-state index in [-0.39, 0.29) is 18.1 Å². The van der Waals surface area contributed by atoms with E-state index < -0.39 is 11.5 Å². The third kappa shape index (κ3) is 2.62. The number of amides is 1. The van der Waals surface area contributed by atoms with Crippen molar-refractivity contribution >= 4 is 11.6 Å². The first-order chi connectivity index (χ1) is 9.13. The Morgan fingerprint density at radius 1 is 1.58 bits per heavy atom. The molecule has 1 N–H and O–H groups in total. The minimum absolute atomic E-state index is 0.0776. The molecule has 1 amide bonds. The van der Waals surface area contributed by atoms with Gasteiger partial charge >= 0.3 is 0 Å². The summed E-state index contributed by atoms with van der Waals surface area (Å²) in [5, 5.41) is 5.95. The molecular weight excluding hydrogens is 252 g/mol. The van der Waals surface area contributed by atoms with Crippen molar-refractivity contribution in [3.8, 4) is 5.75 Å². The Kier molecular flexibility index (Phi) is 3.60. The zero-order chi connectivity index (χ0) is 13.8. The fourth-order valence-electron chi connectivity index (χ4n) is 1.41. The number of aryl methyl sites for hydroxylation is 1. The molecule has 0 spiro atoms. The van der Waals surface area contributed by atoms with E-state index in [4.69, 9.17) is 4.74 Å². The lowest BCUT2D eigenvalue weighted by Gasteiger charge is -2.09. The van der Waals surface area contributed by atoms with Crippen LogP contribution in [0.1, 0.15) is 17.4 Å². The molecule has 0 aliphatic rings. The first-order valence-corrected chi connectivity index (χ1v) is 5.52. The lowest BCUT2D eigenvalue weighted by atomic mass is 10.3. The normalized spacial score (nSPS) is 10.2. The largest absolute Gasteiger partial charge is 0.486 e. The summed E-state index contributed by atoms with van der Waals surface area (Å²) >= 11 is 0. The van der Waals surface area contributed by atoms with Crippen molar-refractivity contribution in [2.45, 2.75) is 6.92 Å². The third-order valence-electron chi connectivity index (χ3n) is 2.28. The molecule has 0 unspecified atom stereocenters. The molecule has 0 aliphatic carbocycles. The minimum atomic E-state index is -0.565. The van der Waals surface area contributed by atoms with E-state index in [9.17, 15) is 9.59 Å². The van der Waals surface area contributed by atoms with Gasteiger partial charge in [-0.3, -0.25) is 14.2 Å². The Morgan fingerprint density at radius 2 is 2.37 bits per heavy atom. The summed E-state index contributed by atoms with van der Waals surface area (Å²) in [4.78, 5) is 27.8. The van der Waals surface area contributed by atoms with Gasteiger partial charge in [0, 0.05) is 7.05 Å². The highest BCUT2D eigenvalue weighted by Crippen LogP contribution is 2.13. The van der Waals surface area contributed by atoms with E-state index in [1.165, 1.54) is 30.4 Å². The summed E-state index contributed by atoms with van der Waals surface area (Å²) in [6.45, 7) is 1.97. The van der Waals surface area contributed by atoms with E-state index in [1.807, 2.05) is 0 Å². The Bertz CT molecular complexity index is 633. The summed E-state index contributed by atoms with van der Waals surface area (Å²) in [5.41, 5.74) is -0.131. The topological polar surface area (TPSA) is 99.2 Å². The Labute approximate surface area is 108 Å². The van der Waals surface area contributed by atoms with Crippen LogP contribution >= 0.6 is 0 Å². The average Bonchev–Trinajstić information content (AvgIpc) is 2.88. The Hall–Kier alpha value is -2.64. The van der Waals surface area contributed by atoms with Crippen LogP contribution in [0, 0.1) is 0 Å².